The van der Waals surface area contributed by atoms with E-state index >= 15 is 0 Å². The summed E-state index contributed by atoms with van der Waals surface area (Å²) in [6, 6.07) is 0.188. The minimum Gasteiger partial charge on any atom is -0.288 e. The summed E-state index contributed by atoms with van der Waals surface area (Å²) < 4.78 is 2.40. The molecule has 0 N–H and O–H groups in total. The average molecular weight is 357 g/mol. The molecule has 2 heterocycles. The van der Waals surface area contributed by atoms with Crippen molar-refractivity contribution in [3.8, 4) is 0 Å². The van der Waals surface area contributed by atoms with Crippen molar-refractivity contribution in [3.63, 3.8) is 0 Å². The third-order valence-corrected chi connectivity index (χ3v) is 5.37. The SMILES string of the molecule is Cc1c(Br)c(=O)n(C2CCC[C@@H]2C)c2nc(Cl)ncc12. The Morgan fingerprint density at radius 3 is 2.85 bits per heavy atom. The fourth-order valence-corrected chi connectivity index (χ4v) is 3.63. The van der Waals surface area contributed by atoms with Gasteiger partial charge in [-0.25, -0.2) is 4.98 Å². The number of aryl methyl sites for hydroxylation is 1. The lowest BCUT2D eigenvalue weighted by molar-refractivity contribution is 0.405. The molecule has 3 rings (SSSR count). The van der Waals surface area contributed by atoms with Gasteiger partial charge in [0, 0.05) is 17.6 Å². The van der Waals surface area contributed by atoms with Crippen LogP contribution in [-0.2, 0) is 0 Å². The first-order valence-electron chi connectivity index (χ1n) is 6.73. The maximum absolute atomic E-state index is 12.7. The maximum Gasteiger partial charge on any atom is 0.267 e. The lowest BCUT2D eigenvalue weighted by atomic mass is 10.1. The molecule has 1 aliphatic rings. The highest BCUT2D eigenvalue weighted by molar-refractivity contribution is 9.10. The number of aromatic nitrogens is 3. The van der Waals surface area contributed by atoms with Gasteiger partial charge in [-0.05, 0) is 58.8 Å². The summed E-state index contributed by atoms with van der Waals surface area (Å²) in [6.45, 7) is 4.08. The molecule has 2 atom stereocenters. The van der Waals surface area contributed by atoms with Gasteiger partial charge in [0.15, 0.2) is 0 Å². The number of halogens is 2. The molecule has 0 bridgehead atoms. The lowest BCUT2D eigenvalue weighted by Crippen LogP contribution is -2.28. The van der Waals surface area contributed by atoms with E-state index in [1.807, 2.05) is 6.92 Å². The van der Waals surface area contributed by atoms with Crippen LogP contribution >= 0.6 is 27.5 Å². The molecule has 1 unspecified atom stereocenters. The summed E-state index contributed by atoms with van der Waals surface area (Å²) in [4.78, 5) is 21.0. The van der Waals surface area contributed by atoms with Crippen LogP contribution in [-0.4, -0.2) is 14.5 Å². The van der Waals surface area contributed by atoms with E-state index in [0.717, 1.165) is 30.2 Å². The van der Waals surface area contributed by atoms with Gasteiger partial charge < -0.3 is 0 Å². The fourth-order valence-electron chi connectivity index (χ4n) is 3.10. The number of hydrogen-bond acceptors (Lipinski definition) is 3. The Hall–Kier alpha value is -0.940. The highest BCUT2D eigenvalue weighted by Crippen LogP contribution is 2.36. The Balaban J connectivity index is 2.40. The molecular formula is C14H15BrClN3O. The molecular weight excluding hydrogens is 342 g/mol. The van der Waals surface area contributed by atoms with Gasteiger partial charge in [0.1, 0.15) is 5.65 Å². The topological polar surface area (TPSA) is 47.8 Å². The molecule has 1 aliphatic carbocycles. The van der Waals surface area contributed by atoms with Crippen molar-refractivity contribution < 1.29 is 0 Å². The van der Waals surface area contributed by atoms with Crippen LogP contribution in [0.2, 0.25) is 5.28 Å². The highest BCUT2D eigenvalue weighted by atomic mass is 79.9. The van der Waals surface area contributed by atoms with E-state index in [1.165, 1.54) is 0 Å². The third-order valence-electron chi connectivity index (χ3n) is 4.26. The second kappa shape index (κ2) is 5.11. The highest BCUT2D eigenvalue weighted by Gasteiger charge is 2.29. The first-order chi connectivity index (χ1) is 9.50. The van der Waals surface area contributed by atoms with Crippen LogP contribution in [0.1, 0.15) is 37.8 Å². The molecule has 1 fully saturated rings. The Morgan fingerprint density at radius 2 is 2.20 bits per heavy atom. The van der Waals surface area contributed by atoms with E-state index in [2.05, 4.69) is 32.8 Å². The van der Waals surface area contributed by atoms with Crippen molar-refractivity contribution in [2.45, 2.75) is 39.2 Å². The van der Waals surface area contributed by atoms with Crippen LogP contribution in [0.5, 0.6) is 0 Å². The maximum atomic E-state index is 12.7. The second-order valence-electron chi connectivity index (χ2n) is 5.47. The third kappa shape index (κ3) is 2.07. The first kappa shape index (κ1) is 14.0. The first-order valence-corrected chi connectivity index (χ1v) is 7.90. The molecule has 106 valence electrons. The summed E-state index contributed by atoms with van der Waals surface area (Å²) in [5.41, 5.74) is 1.49. The smallest absolute Gasteiger partial charge is 0.267 e. The van der Waals surface area contributed by atoms with E-state index in [4.69, 9.17) is 11.6 Å². The lowest BCUT2D eigenvalue weighted by Gasteiger charge is -2.21. The Kier molecular flexibility index (Phi) is 3.58. The average Bonchev–Trinajstić information content (AvgIpc) is 2.83. The molecule has 1 saturated carbocycles. The van der Waals surface area contributed by atoms with Crippen molar-refractivity contribution in [1.82, 2.24) is 14.5 Å². The van der Waals surface area contributed by atoms with Crippen LogP contribution in [0, 0.1) is 12.8 Å². The molecule has 0 spiro atoms. The van der Waals surface area contributed by atoms with Crippen LogP contribution in [0.25, 0.3) is 11.0 Å². The number of hydrogen-bond donors (Lipinski definition) is 0. The summed E-state index contributed by atoms with van der Waals surface area (Å²) in [6.07, 6.45) is 4.99. The Bertz CT molecular complexity index is 743. The van der Waals surface area contributed by atoms with Gasteiger partial charge in [-0.15, -0.1) is 0 Å². The number of pyridine rings is 1. The minimum absolute atomic E-state index is 0.0245. The van der Waals surface area contributed by atoms with E-state index in [1.54, 1.807) is 10.8 Å². The van der Waals surface area contributed by atoms with Gasteiger partial charge in [-0.2, -0.15) is 4.98 Å². The zero-order valence-corrected chi connectivity index (χ0v) is 13.7. The second-order valence-corrected chi connectivity index (χ2v) is 6.60. The van der Waals surface area contributed by atoms with Gasteiger partial charge in [0.05, 0.1) is 4.47 Å². The zero-order valence-electron chi connectivity index (χ0n) is 11.4. The van der Waals surface area contributed by atoms with Crippen molar-refractivity contribution in [3.05, 3.63) is 31.9 Å². The van der Waals surface area contributed by atoms with Crippen molar-refractivity contribution in [2.75, 3.05) is 0 Å². The van der Waals surface area contributed by atoms with Crippen LogP contribution in [0.15, 0.2) is 15.5 Å². The van der Waals surface area contributed by atoms with E-state index in [-0.39, 0.29) is 16.9 Å². The molecule has 6 heteroatoms. The van der Waals surface area contributed by atoms with E-state index < -0.39 is 0 Å². The van der Waals surface area contributed by atoms with E-state index in [0.29, 0.717) is 16.0 Å². The van der Waals surface area contributed by atoms with Gasteiger partial charge in [-0.3, -0.25) is 9.36 Å². The van der Waals surface area contributed by atoms with Gasteiger partial charge >= 0.3 is 0 Å². The van der Waals surface area contributed by atoms with Crippen molar-refractivity contribution >= 4 is 38.6 Å². The van der Waals surface area contributed by atoms with Gasteiger partial charge in [0.2, 0.25) is 5.28 Å². The molecule has 20 heavy (non-hydrogen) atoms. The monoisotopic (exact) mass is 355 g/mol. The van der Waals surface area contributed by atoms with Gasteiger partial charge in [0.25, 0.3) is 5.56 Å². The Morgan fingerprint density at radius 1 is 1.45 bits per heavy atom. The molecule has 4 nitrogen and oxygen atoms in total. The summed E-state index contributed by atoms with van der Waals surface area (Å²) in [5.74, 6) is 0.472. The predicted octanol–water partition coefficient (Wildman–Crippen LogP) is 3.88. The predicted molar refractivity (Wildman–Crippen MR) is 83.3 cm³/mol. The van der Waals surface area contributed by atoms with Gasteiger partial charge in [-0.1, -0.05) is 13.3 Å². The largest absolute Gasteiger partial charge is 0.288 e. The summed E-state index contributed by atoms with van der Waals surface area (Å²) in [7, 11) is 0. The standard InChI is InChI=1S/C14H15BrClN3O/c1-7-4-3-5-10(7)19-12-9(6-17-14(16)18-12)8(2)11(15)13(19)20/h6-7,10H,3-5H2,1-2H3/t7-,10?/m0/s1. The van der Waals surface area contributed by atoms with E-state index in [9.17, 15) is 4.79 Å². The summed E-state index contributed by atoms with van der Waals surface area (Å²) >= 11 is 9.34. The minimum atomic E-state index is -0.0245. The molecule has 2 aromatic heterocycles. The van der Waals surface area contributed by atoms with Crippen LogP contribution < -0.4 is 5.56 Å². The number of fused-ring (bicyclic) bond motifs is 1. The molecule has 0 aromatic carbocycles. The summed E-state index contributed by atoms with van der Waals surface area (Å²) in [5, 5.41) is 1.05. The zero-order chi connectivity index (χ0) is 14.4. The molecule has 2 aromatic rings. The molecule has 0 aliphatic heterocycles. The van der Waals surface area contributed by atoms with Crippen molar-refractivity contribution in [1.29, 1.82) is 0 Å². The molecule has 0 saturated heterocycles. The molecule has 0 amide bonds. The van der Waals surface area contributed by atoms with Crippen molar-refractivity contribution in [2.24, 2.45) is 5.92 Å². The fraction of sp³-hybridized carbons (Fsp3) is 0.500. The quantitative estimate of drug-likeness (QED) is 0.729. The Labute approximate surface area is 130 Å². The van der Waals surface area contributed by atoms with Crippen LogP contribution in [0.4, 0.5) is 0 Å². The van der Waals surface area contributed by atoms with Crippen LogP contribution in [0.3, 0.4) is 0 Å². The normalized spacial score (nSPS) is 22.6. The number of rotatable bonds is 1. The molecule has 0 radical (unpaired) electrons. The number of nitrogens with zero attached hydrogens (tertiary/aromatic N) is 3.